The summed E-state index contributed by atoms with van der Waals surface area (Å²) in [6.07, 6.45) is 9.55. The molecule has 1 aliphatic rings. The van der Waals surface area contributed by atoms with E-state index in [0.717, 1.165) is 50.3 Å². The highest BCUT2D eigenvalue weighted by atomic mass is 15.0. The summed E-state index contributed by atoms with van der Waals surface area (Å²) in [7, 11) is 0. The second-order valence-corrected chi connectivity index (χ2v) is 5.86. The van der Waals surface area contributed by atoms with E-state index in [-0.39, 0.29) is 0 Å². The van der Waals surface area contributed by atoms with Gasteiger partial charge in [-0.05, 0) is 44.9 Å². The highest BCUT2D eigenvalue weighted by Crippen LogP contribution is 2.28. The Balaban J connectivity index is 2.37. The number of hydrogen-bond donors (Lipinski definition) is 1. The number of nitrogens with one attached hydrogen (secondary N) is 1. The first-order chi connectivity index (χ1) is 9.80. The Kier molecular flexibility index (Phi) is 5.81. The minimum absolute atomic E-state index is 0.505. The molecule has 0 saturated carbocycles. The van der Waals surface area contributed by atoms with Crippen molar-refractivity contribution < 1.29 is 0 Å². The molecule has 20 heavy (non-hydrogen) atoms. The maximum Gasteiger partial charge on any atom is 0.134 e. The molecule has 0 atom stereocenters. The maximum atomic E-state index is 4.93. The number of hydrogen-bond acceptors (Lipinski definition) is 3. The fourth-order valence-electron chi connectivity index (χ4n) is 3.02. The van der Waals surface area contributed by atoms with Crippen LogP contribution in [0.2, 0.25) is 0 Å². The highest BCUT2D eigenvalue weighted by Gasteiger charge is 2.19. The molecule has 0 amide bonds. The van der Waals surface area contributed by atoms with Crippen LogP contribution in [-0.2, 0) is 12.8 Å². The van der Waals surface area contributed by atoms with E-state index in [1.807, 2.05) is 0 Å². The van der Waals surface area contributed by atoms with E-state index in [2.05, 4.69) is 26.1 Å². The molecular weight excluding hydrogens is 246 g/mol. The van der Waals surface area contributed by atoms with E-state index < -0.39 is 0 Å². The molecule has 0 saturated heterocycles. The van der Waals surface area contributed by atoms with Crippen LogP contribution >= 0.6 is 0 Å². The molecular formula is C17H29N3. The minimum atomic E-state index is 0.505. The molecule has 0 bridgehead atoms. The fourth-order valence-corrected chi connectivity index (χ4v) is 3.02. The molecule has 3 nitrogen and oxygen atoms in total. The van der Waals surface area contributed by atoms with Crippen molar-refractivity contribution in [3.8, 4) is 0 Å². The quantitative estimate of drug-likeness (QED) is 0.778. The molecule has 0 spiro atoms. The molecule has 0 fully saturated rings. The number of fused-ring (bicyclic) bond motifs is 1. The molecule has 3 heteroatoms. The highest BCUT2D eigenvalue weighted by molar-refractivity contribution is 5.47. The Morgan fingerprint density at radius 2 is 1.75 bits per heavy atom. The Bertz CT molecular complexity index is 424. The molecule has 1 aromatic heterocycles. The summed E-state index contributed by atoms with van der Waals surface area (Å²) < 4.78 is 0. The lowest BCUT2D eigenvalue weighted by atomic mass is 10.0. The molecule has 2 rings (SSSR count). The van der Waals surface area contributed by atoms with Gasteiger partial charge in [-0.2, -0.15) is 0 Å². The average molecular weight is 275 g/mol. The van der Waals surface area contributed by atoms with Crippen molar-refractivity contribution >= 4 is 5.82 Å². The van der Waals surface area contributed by atoms with Gasteiger partial charge in [0.2, 0.25) is 0 Å². The second kappa shape index (κ2) is 7.61. The molecule has 0 aliphatic heterocycles. The van der Waals surface area contributed by atoms with Crippen LogP contribution in [0.15, 0.2) is 0 Å². The normalized spacial score (nSPS) is 15.0. The number of anilines is 1. The summed E-state index contributed by atoms with van der Waals surface area (Å²) in [4.78, 5) is 9.82. The lowest BCUT2D eigenvalue weighted by Gasteiger charge is -2.18. The van der Waals surface area contributed by atoms with Crippen molar-refractivity contribution in [2.24, 2.45) is 0 Å². The standard InChI is InChI=1S/C17H29N3/c1-4-12-18-17-14-10-8-7-9-11-15(14)19-16(20-17)13(5-2)6-3/h13H,4-12H2,1-3H3,(H,18,19,20). The Hall–Kier alpha value is -1.12. The van der Waals surface area contributed by atoms with Crippen molar-refractivity contribution in [3.05, 3.63) is 17.1 Å². The summed E-state index contributed by atoms with van der Waals surface area (Å²) in [5.74, 6) is 2.70. The summed E-state index contributed by atoms with van der Waals surface area (Å²) >= 11 is 0. The summed E-state index contributed by atoms with van der Waals surface area (Å²) in [5, 5.41) is 3.54. The summed E-state index contributed by atoms with van der Waals surface area (Å²) in [6.45, 7) is 7.69. The maximum absolute atomic E-state index is 4.93. The zero-order valence-electron chi connectivity index (χ0n) is 13.3. The first-order valence-corrected chi connectivity index (χ1v) is 8.43. The fraction of sp³-hybridized carbons (Fsp3) is 0.765. The third-order valence-corrected chi connectivity index (χ3v) is 4.34. The number of aromatic nitrogens is 2. The predicted molar refractivity (Wildman–Crippen MR) is 85.4 cm³/mol. The first kappa shape index (κ1) is 15.3. The summed E-state index contributed by atoms with van der Waals surface area (Å²) in [6, 6.07) is 0. The monoisotopic (exact) mass is 275 g/mol. The molecule has 0 radical (unpaired) electrons. The van der Waals surface area contributed by atoms with Crippen molar-refractivity contribution in [2.75, 3.05) is 11.9 Å². The van der Waals surface area contributed by atoms with E-state index in [4.69, 9.17) is 9.97 Å². The van der Waals surface area contributed by atoms with Gasteiger partial charge in [0.1, 0.15) is 11.6 Å². The van der Waals surface area contributed by atoms with Gasteiger partial charge in [0.25, 0.3) is 0 Å². The SMILES string of the molecule is CCCNc1nc(C(CC)CC)nc2c1CCCCC2. The molecule has 1 aromatic rings. The third-order valence-electron chi connectivity index (χ3n) is 4.34. The van der Waals surface area contributed by atoms with Gasteiger partial charge >= 0.3 is 0 Å². The smallest absolute Gasteiger partial charge is 0.134 e. The van der Waals surface area contributed by atoms with Gasteiger partial charge in [-0.15, -0.1) is 0 Å². The Morgan fingerprint density at radius 3 is 2.45 bits per heavy atom. The van der Waals surface area contributed by atoms with E-state index in [1.54, 1.807) is 0 Å². The molecule has 1 aliphatic carbocycles. The lowest BCUT2D eigenvalue weighted by molar-refractivity contribution is 0.596. The Morgan fingerprint density at radius 1 is 1.00 bits per heavy atom. The van der Waals surface area contributed by atoms with Crippen LogP contribution < -0.4 is 5.32 Å². The number of nitrogens with zero attached hydrogens (tertiary/aromatic N) is 2. The average Bonchev–Trinajstić information content (AvgIpc) is 2.71. The van der Waals surface area contributed by atoms with Crippen LogP contribution in [0.4, 0.5) is 5.82 Å². The van der Waals surface area contributed by atoms with Crippen molar-refractivity contribution in [1.82, 2.24) is 9.97 Å². The van der Waals surface area contributed by atoms with Gasteiger partial charge in [-0.3, -0.25) is 0 Å². The van der Waals surface area contributed by atoms with Gasteiger partial charge in [0, 0.05) is 23.7 Å². The van der Waals surface area contributed by atoms with Crippen molar-refractivity contribution in [3.63, 3.8) is 0 Å². The van der Waals surface area contributed by atoms with Gasteiger partial charge < -0.3 is 5.32 Å². The van der Waals surface area contributed by atoms with Gasteiger partial charge in [-0.25, -0.2) is 9.97 Å². The topological polar surface area (TPSA) is 37.8 Å². The minimum Gasteiger partial charge on any atom is -0.370 e. The second-order valence-electron chi connectivity index (χ2n) is 5.86. The van der Waals surface area contributed by atoms with Crippen LogP contribution in [0.3, 0.4) is 0 Å². The molecule has 1 heterocycles. The lowest BCUT2D eigenvalue weighted by Crippen LogP contribution is -2.13. The van der Waals surface area contributed by atoms with Crippen molar-refractivity contribution in [2.45, 2.75) is 78.1 Å². The zero-order valence-corrected chi connectivity index (χ0v) is 13.3. The Labute approximate surface area is 123 Å². The van der Waals surface area contributed by atoms with Crippen molar-refractivity contribution in [1.29, 1.82) is 0 Å². The van der Waals surface area contributed by atoms with Crippen LogP contribution in [0, 0.1) is 0 Å². The molecule has 0 aromatic carbocycles. The zero-order chi connectivity index (χ0) is 14.4. The van der Waals surface area contributed by atoms with E-state index >= 15 is 0 Å². The van der Waals surface area contributed by atoms with Crippen LogP contribution in [0.5, 0.6) is 0 Å². The van der Waals surface area contributed by atoms with E-state index in [1.165, 1.54) is 30.5 Å². The molecule has 1 N–H and O–H groups in total. The molecule has 112 valence electrons. The van der Waals surface area contributed by atoms with E-state index in [9.17, 15) is 0 Å². The van der Waals surface area contributed by atoms with Crippen LogP contribution in [0.25, 0.3) is 0 Å². The van der Waals surface area contributed by atoms with Gasteiger partial charge in [0.15, 0.2) is 0 Å². The third kappa shape index (κ3) is 3.50. The number of aryl methyl sites for hydroxylation is 1. The first-order valence-electron chi connectivity index (χ1n) is 8.43. The van der Waals surface area contributed by atoms with Gasteiger partial charge in [-0.1, -0.05) is 27.2 Å². The largest absolute Gasteiger partial charge is 0.370 e. The van der Waals surface area contributed by atoms with E-state index in [0.29, 0.717) is 5.92 Å². The van der Waals surface area contributed by atoms with Crippen LogP contribution in [-0.4, -0.2) is 16.5 Å². The predicted octanol–water partition coefficient (Wildman–Crippen LogP) is 4.47. The number of rotatable bonds is 6. The van der Waals surface area contributed by atoms with Gasteiger partial charge in [0.05, 0.1) is 0 Å². The van der Waals surface area contributed by atoms with Crippen LogP contribution in [0.1, 0.15) is 82.3 Å². The molecule has 0 unspecified atom stereocenters. The summed E-state index contributed by atoms with van der Waals surface area (Å²) in [5.41, 5.74) is 2.71.